The van der Waals surface area contributed by atoms with Gasteiger partial charge in [-0.1, -0.05) is 5.16 Å². The molecule has 2 rings (SSSR count). The number of urea groups is 1. The topological polar surface area (TPSA) is 104 Å². The number of rotatable bonds is 3. The number of hydrogen-bond acceptors (Lipinski definition) is 5. The van der Waals surface area contributed by atoms with Crippen LogP contribution >= 0.6 is 11.3 Å². The van der Waals surface area contributed by atoms with Gasteiger partial charge in [0.1, 0.15) is 10.8 Å². The maximum atomic E-state index is 11.6. The first-order valence-corrected chi connectivity index (χ1v) is 5.76. The molecule has 0 unspecified atom stereocenters. The van der Waals surface area contributed by atoms with Gasteiger partial charge >= 0.3 is 12.0 Å². The third-order valence-corrected chi connectivity index (χ3v) is 2.82. The Morgan fingerprint density at radius 2 is 2.22 bits per heavy atom. The van der Waals surface area contributed by atoms with E-state index in [-0.39, 0.29) is 16.4 Å². The van der Waals surface area contributed by atoms with Gasteiger partial charge in [-0.25, -0.2) is 9.59 Å². The smallest absolute Gasteiger partial charge is 0.338 e. The molecule has 2 aromatic heterocycles. The van der Waals surface area contributed by atoms with Crippen molar-refractivity contribution in [2.75, 3.05) is 10.6 Å². The molecule has 0 aliphatic heterocycles. The lowest BCUT2D eigenvalue weighted by molar-refractivity contribution is 0.0698. The minimum atomic E-state index is -1.09. The average Bonchev–Trinajstić information content (AvgIpc) is 2.87. The highest BCUT2D eigenvalue weighted by atomic mass is 32.1. The van der Waals surface area contributed by atoms with E-state index in [9.17, 15) is 9.59 Å². The first kappa shape index (κ1) is 12.1. The Morgan fingerprint density at radius 3 is 2.83 bits per heavy atom. The van der Waals surface area contributed by atoms with E-state index in [2.05, 4.69) is 15.8 Å². The number of carbonyl (C=O) groups excluding carboxylic acids is 1. The highest BCUT2D eigenvalue weighted by Crippen LogP contribution is 2.23. The van der Waals surface area contributed by atoms with Crippen LogP contribution in [-0.4, -0.2) is 22.3 Å². The maximum Gasteiger partial charge on any atom is 0.338 e. The second-order valence-corrected chi connectivity index (χ2v) is 4.29. The number of carbonyl (C=O) groups is 2. The highest BCUT2D eigenvalue weighted by Gasteiger charge is 2.14. The molecule has 94 valence electrons. The quantitative estimate of drug-likeness (QED) is 0.792. The van der Waals surface area contributed by atoms with Crippen molar-refractivity contribution in [1.29, 1.82) is 0 Å². The van der Waals surface area contributed by atoms with Crippen molar-refractivity contribution in [3.05, 3.63) is 28.8 Å². The zero-order valence-corrected chi connectivity index (χ0v) is 10.1. The van der Waals surface area contributed by atoms with Crippen LogP contribution in [0.15, 0.2) is 22.0 Å². The number of aromatic carboxylic acids is 1. The van der Waals surface area contributed by atoms with E-state index in [1.165, 1.54) is 6.07 Å². The lowest BCUT2D eigenvalue weighted by Gasteiger charge is -2.03. The molecule has 8 heteroatoms. The summed E-state index contributed by atoms with van der Waals surface area (Å²) < 4.78 is 4.78. The molecule has 0 saturated carbocycles. The summed E-state index contributed by atoms with van der Waals surface area (Å²) in [6.07, 6.45) is 0. The number of thiophene rings is 1. The number of anilines is 2. The summed E-state index contributed by atoms with van der Waals surface area (Å²) in [6, 6.07) is 2.39. The van der Waals surface area contributed by atoms with Crippen LogP contribution in [0.1, 0.15) is 16.1 Å². The zero-order valence-electron chi connectivity index (χ0n) is 9.26. The van der Waals surface area contributed by atoms with Gasteiger partial charge in [0.15, 0.2) is 5.82 Å². The number of nitrogens with zero attached hydrogens (tertiary/aromatic N) is 1. The summed E-state index contributed by atoms with van der Waals surface area (Å²) in [7, 11) is 0. The molecular weight excluding hydrogens is 258 g/mol. The maximum absolute atomic E-state index is 11.6. The summed E-state index contributed by atoms with van der Waals surface area (Å²) in [6.45, 7) is 1.69. The number of amides is 2. The van der Waals surface area contributed by atoms with Gasteiger partial charge in [0, 0.05) is 6.07 Å². The first-order chi connectivity index (χ1) is 8.56. The number of carboxylic acid groups (broad SMARTS) is 1. The summed E-state index contributed by atoms with van der Waals surface area (Å²) in [4.78, 5) is 22.4. The van der Waals surface area contributed by atoms with Gasteiger partial charge in [0.2, 0.25) is 0 Å². The van der Waals surface area contributed by atoms with Crippen molar-refractivity contribution < 1.29 is 19.2 Å². The number of aryl methyl sites for hydroxylation is 1. The fourth-order valence-corrected chi connectivity index (χ4v) is 2.02. The number of carboxylic acids is 1. The van der Waals surface area contributed by atoms with E-state index >= 15 is 0 Å². The molecule has 0 atom stereocenters. The fourth-order valence-electron chi connectivity index (χ4n) is 1.25. The number of aromatic nitrogens is 1. The monoisotopic (exact) mass is 267 g/mol. The molecule has 0 aliphatic carbocycles. The molecule has 0 bridgehead atoms. The van der Waals surface area contributed by atoms with Crippen molar-refractivity contribution in [3.8, 4) is 0 Å². The van der Waals surface area contributed by atoms with Gasteiger partial charge in [-0.2, -0.15) is 0 Å². The largest absolute Gasteiger partial charge is 0.478 e. The number of hydrogen-bond donors (Lipinski definition) is 3. The second-order valence-electron chi connectivity index (χ2n) is 3.37. The van der Waals surface area contributed by atoms with Crippen LogP contribution in [0.2, 0.25) is 0 Å². The SMILES string of the molecule is Cc1cc(NC(=O)Nc2sccc2C(=O)O)no1. The Morgan fingerprint density at radius 1 is 1.44 bits per heavy atom. The molecule has 18 heavy (non-hydrogen) atoms. The van der Waals surface area contributed by atoms with Crippen LogP contribution in [0.3, 0.4) is 0 Å². The number of nitrogens with one attached hydrogen (secondary N) is 2. The predicted octanol–water partition coefficient (Wildman–Crippen LogP) is 2.39. The van der Waals surface area contributed by atoms with Crippen molar-refractivity contribution in [3.63, 3.8) is 0 Å². The van der Waals surface area contributed by atoms with E-state index in [1.54, 1.807) is 18.4 Å². The van der Waals surface area contributed by atoms with E-state index in [4.69, 9.17) is 9.63 Å². The van der Waals surface area contributed by atoms with Gasteiger partial charge in [-0.3, -0.25) is 10.6 Å². The second kappa shape index (κ2) is 4.88. The van der Waals surface area contributed by atoms with Gasteiger partial charge in [-0.05, 0) is 18.4 Å². The molecule has 7 nitrogen and oxygen atoms in total. The summed E-state index contributed by atoms with van der Waals surface area (Å²) in [5.74, 6) is -0.269. The van der Waals surface area contributed by atoms with Gasteiger partial charge in [0.05, 0.1) is 5.56 Å². The zero-order chi connectivity index (χ0) is 13.1. The van der Waals surface area contributed by atoms with E-state index in [1.807, 2.05) is 0 Å². The molecule has 0 fully saturated rings. The van der Waals surface area contributed by atoms with Crippen molar-refractivity contribution in [2.24, 2.45) is 0 Å². The molecule has 0 aliphatic rings. The molecule has 2 heterocycles. The fraction of sp³-hybridized carbons (Fsp3) is 0.100. The molecular formula is C10H9N3O4S. The van der Waals surface area contributed by atoms with Gasteiger partial charge < -0.3 is 9.63 Å². The predicted molar refractivity (Wildman–Crippen MR) is 65.2 cm³/mol. The molecule has 0 saturated heterocycles. The Kier molecular flexibility index (Phi) is 3.28. The Labute approximate surface area is 105 Å². The molecule has 0 radical (unpaired) electrons. The minimum Gasteiger partial charge on any atom is -0.478 e. The van der Waals surface area contributed by atoms with Crippen molar-refractivity contribution in [1.82, 2.24) is 5.16 Å². The molecule has 0 aromatic carbocycles. The van der Waals surface area contributed by atoms with Gasteiger partial charge in [0.25, 0.3) is 0 Å². The van der Waals surface area contributed by atoms with Crippen LogP contribution in [-0.2, 0) is 0 Å². The van der Waals surface area contributed by atoms with E-state index in [0.717, 1.165) is 11.3 Å². The van der Waals surface area contributed by atoms with Crippen molar-refractivity contribution >= 4 is 34.2 Å². The lowest BCUT2D eigenvalue weighted by atomic mass is 10.3. The summed E-state index contributed by atoms with van der Waals surface area (Å²) >= 11 is 1.13. The molecule has 2 aromatic rings. The van der Waals surface area contributed by atoms with Crippen LogP contribution < -0.4 is 10.6 Å². The highest BCUT2D eigenvalue weighted by molar-refractivity contribution is 7.14. The first-order valence-electron chi connectivity index (χ1n) is 4.88. The average molecular weight is 267 g/mol. The summed E-state index contributed by atoms with van der Waals surface area (Å²) in [5, 5.41) is 19.2. The Hall–Kier alpha value is -2.35. The molecule has 0 spiro atoms. The van der Waals surface area contributed by atoms with Crippen molar-refractivity contribution in [2.45, 2.75) is 6.92 Å². The Balaban J connectivity index is 2.03. The normalized spacial score (nSPS) is 10.1. The van der Waals surface area contributed by atoms with Crippen LogP contribution in [0.25, 0.3) is 0 Å². The van der Waals surface area contributed by atoms with E-state index < -0.39 is 12.0 Å². The van der Waals surface area contributed by atoms with Gasteiger partial charge in [-0.15, -0.1) is 11.3 Å². The third-order valence-electron chi connectivity index (χ3n) is 1.99. The van der Waals surface area contributed by atoms with Crippen LogP contribution in [0.5, 0.6) is 0 Å². The van der Waals surface area contributed by atoms with E-state index in [0.29, 0.717) is 5.76 Å². The summed E-state index contributed by atoms with van der Waals surface area (Å²) in [5.41, 5.74) is 0.0477. The molecule has 3 N–H and O–H groups in total. The third kappa shape index (κ3) is 2.66. The lowest BCUT2D eigenvalue weighted by Crippen LogP contribution is -2.20. The standard InChI is InChI=1S/C10H9N3O4S/c1-5-4-7(13-17-5)11-10(16)12-8-6(9(14)15)2-3-18-8/h2-4H,1H3,(H,14,15)(H2,11,12,13,16). The van der Waals surface area contributed by atoms with Crippen LogP contribution in [0, 0.1) is 6.92 Å². The minimum absolute atomic E-state index is 0.0477. The Bertz CT molecular complexity index is 589. The molecule has 2 amide bonds. The van der Waals surface area contributed by atoms with Crippen LogP contribution in [0.4, 0.5) is 15.6 Å².